The van der Waals surface area contributed by atoms with Crippen LogP contribution in [0.15, 0.2) is 0 Å². The number of alkyl halides is 3. The molecule has 17 heavy (non-hydrogen) atoms. The molecule has 0 saturated heterocycles. The Kier molecular flexibility index (Phi) is 7.79. The summed E-state index contributed by atoms with van der Waals surface area (Å²) < 4.78 is 37.2. The zero-order chi connectivity index (χ0) is 13.5. The van der Waals surface area contributed by atoms with Crippen LogP contribution >= 0.6 is 0 Å². The Morgan fingerprint density at radius 1 is 1.18 bits per heavy atom. The standard InChI is InChI=1S/C12H25F3N2/c1-5-7-17(9-12(13,14)15)8-11(10(3)4)16-6-2/h10-11,16H,5-9H2,1-4H3. The Balaban J connectivity index is 4.38. The number of halogens is 3. The summed E-state index contributed by atoms with van der Waals surface area (Å²) in [5.74, 6) is 0.336. The Morgan fingerprint density at radius 2 is 1.76 bits per heavy atom. The first-order chi connectivity index (χ1) is 7.80. The first-order valence-corrected chi connectivity index (χ1v) is 6.32. The number of hydrogen-bond donors (Lipinski definition) is 1. The van der Waals surface area contributed by atoms with Crippen LogP contribution in [0.3, 0.4) is 0 Å². The molecule has 0 amide bonds. The molecule has 0 heterocycles. The van der Waals surface area contributed by atoms with Gasteiger partial charge in [0, 0.05) is 12.6 Å². The van der Waals surface area contributed by atoms with Gasteiger partial charge in [0.15, 0.2) is 0 Å². The molecule has 0 aromatic rings. The fourth-order valence-corrected chi connectivity index (χ4v) is 1.86. The van der Waals surface area contributed by atoms with Gasteiger partial charge in [-0.2, -0.15) is 13.2 Å². The van der Waals surface area contributed by atoms with Crippen LogP contribution in [0.1, 0.15) is 34.1 Å². The normalized spacial score (nSPS) is 14.6. The molecule has 0 aliphatic carbocycles. The van der Waals surface area contributed by atoms with E-state index in [0.717, 1.165) is 13.0 Å². The van der Waals surface area contributed by atoms with Gasteiger partial charge in [-0.1, -0.05) is 27.7 Å². The van der Waals surface area contributed by atoms with Crippen molar-refractivity contribution in [3.8, 4) is 0 Å². The summed E-state index contributed by atoms with van der Waals surface area (Å²) in [4.78, 5) is 1.49. The zero-order valence-electron chi connectivity index (χ0n) is 11.3. The Labute approximate surface area is 103 Å². The maximum Gasteiger partial charge on any atom is 0.401 e. The van der Waals surface area contributed by atoms with E-state index in [1.54, 1.807) is 0 Å². The largest absolute Gasteiger partial charge is 0.401 e. The molecule has 1 N–H and O–H groups in total. The van der Waals surface area contributed by atoms with E-state index in [4.69, 9.17) is 0 Å². The predicted molar refractivity (Wildman–Crippen MR) is 65.1 cm³/mol. The molecule has 0 radical (unpaired) electrons. The molecule has 0 aromatic carbocycles. The molecule has 0 bridgehead atoms. The van der Waals surface area contributed by atoms with Crippen molar-refractivity contribution in [1.29, 1.82) is 0 Å². The fourth-order valence-electron chi connectivity index (χ4n) is 1.86. The Morgan fingerprint density at radius 3 is 2.12 bits per heavy atom. The third kappa shape index (κ3) is 8.44. The average molecular weight is 254 g/mol. The number of nitrogens with zero attached hydrogens (tertiary/aromatic N) is 1. The summed E-state index contributed by atoms with van der Waals surface area (Å²) in [6.07, 6.45) is -3.37. The van der Waals surface area contributed by atoms with Crippen molar-refractivity contribution in [1.82, 2.24) is 10.2 Å². The number of nitrogens with one attached hydrogen (secondary N) is 1. The summed E-state index contributed by atoms with van der Waals surface area (Å²) in [5, 5.41) is 3.25. The van der Waals surface area contributed by atoms with Gasteiger partial charge >= 0.3 is 6.18 Å². The van der Waals surface area contributed by atoms with Gasteiger partial charge < -0.3 is 5.32 Å². The van der Waals surface area contributed by atoms with Crippen LogP contribution in [0.25, 0.3) is 0 Å². The summed E-state index contributed by atoms with van der Waals surface area (Å²) in [7, 11) is 0. The Hall–Kier alpha value is -0.290. The number of hydrogen-bond acceptors (Lipinski definition) is 2. The number of likely N-dealkylation sites (N-methyl/N-ethyl adjacent to an activating group) is 1. The van der Waals surface area contributed by atoms with E-state index < -0.39 is 12.7 Å². The monoisotopic (exact) mass is 254 g/mol. The van der Waals surface area contributed by atoms with Crippen molar-refractivity contribution in [3.05, 3.63) is 0 Å². The minimum absolute atomic E-state index is 0.119. The summed E-state index contributed by atoms with van der Waals surface area (Å²) in [6.45, 7) is 8.87. The molecule has 2 nitrogen and oxygen atoms in total. The van der Waals surface area contributed by atoms with Crippen LogP contribution in [0.2, 0.25) is 0 Å². The molecule has 0 rings (SSSR count). The average Bonchev–Trinajstić information content (AvgIpc) is 2.14. The first-order valence-electron chi connectivity index (χ1n) is 6.32. The van der Waals surface area contributed by atoms with Crippen LogP contribution in [0, 0.1) is 5.92 Å². The van der Waals surface area contributed by atoms with E-state index in [2.05, 4.69) is 5.32 Å². The van der Waals surface area contributed by atoms with E-state index in [1.807, 2.05) is 27.7 Å². The van der Waals surface area contributed by atoms with E-state index in [-0.39, 0.29) is 6.04 Å². The van der Waals surface area contributed by atoms with Crippen molar-refractivity contribution in [2.24, 2.45) is 5.92 Å². The molecule has 5 heteroatoms. The molecule has 0 aromatic heterocycles. The lowest BCUT2D eigenvalue weighted by molar-refractivity contribution is -0.146. The third-order valence-corrected chi connectivity index (χ3v) is 2.67. The minimum Gasteiger partial charge on any atom is -0.313 e. The summed E-state index contributed by atoms with van der Waals surface area (Å²) >= 11 is 0. The highest BCUT2D eigenvalue weighted by Crippen LogP contribution is 2.17. The molecule has 1 unspecified atom stereocenters. The number of rotatable bonds is 8. The highest BCUT2D eigenvalue weighted by molar-refractivity contribution is 4.76. The van der Waals surface area contributed by atoms with Gasteiger partial charge in [0.05, 0.1) is 6.54 Å². The molecular formula is C12H25F3N2. The maximum absolute atomic E-state index is 12.4. The predicted octanol–water partition coefficient (Wildman–Crippen LogP) is 2.89. The first kappa shape index (κ1) is 16.7. The van der Waals surface area contributed by atoms with Crippen molar-refractivity contribution in [3.63, 3.8) is 0 Å². The van der Waals surface area contributed by atoms with E-state index in [0.29, 0.717) is 19.0 Å². The van der Waals surface area contributed by atoms with Crippen LogP contribution in [-0.2, 0) is 0 Å². The molecule has 0 spiro atoms. The molecular weight excluding hydrogens is 229 g/mol. The summed E-state index contributed by atoms with van der Waals surface area (Å²) in [5.41, 5.74) is 0. The highest BCUT2D eigenvalue weighted by atomic mass is 19.4. The summed E-state index contributed by atoms with van der Waals surface area (Å²) in [6, 6.07) is 0.119. The molecule has 0 fully saturated rings. The van der Waals surface area contributed by atoms with Crippen LogP contribution in [0.5, 0.6) is 0 Å². The van der Waals surface area contributed by atoms with Gasteiger partial charge in [-0.05, 0) is 25.4 Å². The van der Waals surface area contributed by atoms with Crippen LogP contribution in [-0.4, -0.2) is 43.3 Å². The van der Waals surface area contributed by atoms with Gasteiger partial charge in [0.1, 0.15) is 0 Å². The fraction of sp³-hybridized carbons (Fsp3) is 1.00. The lowest BCUT2D eigenvalue weighted by atomic mass is 10.0. The minimum atomic E-state index is -4.11. The maximum atomic E-state index is 12.4. The van der Waals surface area contributed by atoms with E-state index in [9.17, 15) is 13.2 Å². The Bertz CT molecular complexity index is 193. The van der Waals surface area contributed by atoms with E-state index in [1.165, 1.54) is 4.90 Å². The second-order valence-corrected chi connectivity index (χ2v) is 4.76. The van der Waals surface area contributed by atoms with Gasteiger partial charge in [0.2, 0.25) is 0 Å². The SMILES string of the molecule is CCCN(CC(NCC)C(C)C)CC(F)(F)F. The second kappa shape index (κ2) is 7.93. The molecule has 104 valence electrons. The van der Waals surface area contributed by atoms with Gasteiger partial charge in [0.25, 0.3) is 0 Å². The molecule has 0 aliphatic rings. The quantitative estimate of drug-likeness (QED) is 0.716. The lowest BCUT2D eigenvalue weighted by Crippen LogP contribution is -2.47. The van der Waals surface area contributed by atoms with Crippen LogP contribution < -0.4 is 5.32 Å². The van der Waals surface area contributed by atoms with Crippen molar-refractivity contribution >= 4 is 0 Å². The topological polar surface area (TPSA) is 15.3 Å². The molecule has 0 aliphatic heterocycles. The van der Waals surface area contributed by atoms with E-state index >= 15 is 0 Å². The lowest BCUT2D eigenvalue weighted by Gasteiger charge is -2.30. The van der Waals surface area contributed by atoms with Crippen molar-refractivity contribution < 1.29 is 13.2 Å². The van der Waals surface area contributed by atoms with Gasteiger partial charge in [-0.15, -0.1) is 0 Å². The van der Waals surface area contributed by atoms with Crippen LogP contribution in [0.4, 0.5) is 13.2 Å². The third-order valence-electron chi connectivity index (χ3n) is 2.67. The van der Waals surface area contributed by atoms with Crippen molar-refractivity contribution in [2.75, 3.05) is 26.2 Å². The highest BCUT2D eigenvalue weighted by Gasteiger charge is 2.31. The van der Waals surface area contributed by atoms with Gasteiger partial charge in [-0.25, -0.2) is 0 Å². The zero-order valence-corrected chi connectivity index (χ0v) is 11.3. The van der Waals surface area contributed by atoms with Crippen molar-refractivity contribution in [2.45, 2.75) is 46.3 Å². The molecule has 1 atom stereocenters. The smallest absolute Gasteiger partial charge is 0.313 e. The van der Waals surface area contributed by atoms with Gasteiger partial charge in [-0.3, -0.25) is 4.90 Å². The molecule has 0 saturated carbocycles. The second-order valence-electron chi connectivity index (χ2n) is 4.76.